The Morgan fingerprint density at radius 2 is 1.96 bits per heavy atom. The van der Waals surface area contributed by atoms with Crippen molar-refractivity contribution in [3.05, 3.63) is 52.9 Å². The highest BCUT2D eigenvalue weighted by molar-refractivity contribution is 7.14. The van der Waals surface area contributed by atoms with Crippen LogP contribution in [0.15, 0.2) is 35.7 Å². The average Bonchev–Trinajstić information content (AvgIpc) is 3.04. The molecule has 0 atom stereocenters. The lowest BCUT2D eigenvalue weighted by molar-refractivity contribution is -0.114. The second kappa shape index (κ2) is 5.96. The lowest BCUT2D eigenvalue weighted by atomic mass is 10.2. The van der Waals surface area contributed by atoms with Gasteiger partial charge in [0.2, 0.25) is 5.91 Å². The minimum absolute atomic E-state index is 0.136. The Morgan fingerprint density at radius 1 is 1.26 bits per heavy atom. The number of nitrogens with zero attached hydrogens (tertiary/aromatic N) is 2. The van der Waals surface area contributed by atoms with Crippen LogP contribution >= 0.6 is 11.3 Å². The monoisotopic (exact) mass is 329 g/mol. The highest BCUT2D eigenvalue weighted by Gasteiger charge is 2.15. The maximum Gasteiger partial charge on any atom is 0.223 e. The molecule has 1 aromatic carbocycles. The molecule has 0 aliphatic rings. The van der Waals surface area contributed by atoms with Gasteiger partial charge in [0.15, 0.2) is 5.13 Å². The van der Waals surface area contributed by atoms with Crippen LogP contribution in [0.2, 0.25) is 0 Å². The molecule has 0 aliphatic carbocycles. The number of nitrogens with one attached hydrogen (secondary N) is 1. The summed E-state index contributed by atoms with van der Waals surface area (Å²) in [4.78, 5) is 15.6. The number of hydrogen-bond acceptors (Lipinski definition) is 3. The number of rotatable bonds is 3. The van der Waals surface area contributed by atoms with E-state index >= 15 is 0 Å². The third kappa shape index (κ3) is 3.03. The quantitative estimate of drug-likeness (QED) is 0.778. The predicted octanol–water partition coefficient (Wildman–Crippen LogP) is 4.32. The van der Waals surface area contributed by atoms with Gasteiger partial charge in [-0.2, -0.15) is 0 Å². The molecule has 0 radical (unpaired) electrons. The topological polar surface area (TPSA) is 46.9 Å². The predicted molar refractivity (Wildman–Crippen MR) is 90.6 cm³/mol. The van der Waals surface area contributed by atoms with Crippen LogP contribution in [0.5, 0.6) is 0 Å². The van der Waals surface area contributed by atoms with Gasteiger partial charge in [-0.25, -0.2) is 9.37 Å². The molecule has 4 nitrogen and oxygen atoms in total. The first kappa shape index (κ1) is 15.4. The van der Waals surface area contributed by atoms with Crippen molar-refractivity contribution in [1.82, 2.24) is 9.55 Å². The second-order valence-corrected chi connectivity index (χ2v) is 6.17. The van der Waals surface area contributed by atoms with Crippen LogP contribution in [0.25, 0.3) is 16.9 Å². The summed E-state index contributed by atoms with van der Waals surface area (Å²) < 4.78 is 15.2. The highest BCUT2D eigenvalue weighted by atomic mass is 32.1. The Bertz CT molecular complexity index is 865. The smallest absolute Gasteiger partial charge is 0.223 e. The van der Waals surface area contributed by atoms with Crippen molar-refractivity contribution in [1.29, 1.82) is 0 Å². The van der Waals surface area contributed by atoms with Gasteiger partial charge < -0.3 is 9.88 Å². The number of benzene rings is 1. The first-order valence-electron chi connectivity index (χ1n) is 7.14. The number of aryl methyl sites for hydroxylation is 1. The van der Waals surface area contributed by atoms with E-state index < -0.39 is 0 Å². The SMILES string of the molecule is CC(=O)Nc1nc(-c2cc(C)n(-c3ccc(F)cc3)c2C)cs1. The summed E-state index contributed by atoms with van der Waals surface area (Å²) >= 11 is 1.39. The zero-order valence-corrected chi connectivity index (χ0v) is 13.9. The van der Waals surface area contributed by atoms with Crippen molar-refractivity contribution in [2.75, 3.05) is 5.32 Å². The Balaban J connectivity index is 2.02. The number of hydrogen-bond donors (Lipinski definition) is 1. The number of thiazole rings is 1. The molecule has 118 valence electrons. The lowest BCUT2D eigenvalue weighted by Gasteiger charge is -2.09. The van der Waals surface area contributed by atoms with Crippen molar-refractivity contribution in [3.8, 4) is 16.9 Å². The highest BCUT2D eigenvalue weighted by Crippen LogP contribution is 2.31. The maximum absolute atomic E-state index is 13.1. The normalized spacial score (nSPS) is 10.8. The van der Waals surface area contributed by atoms with Gasteiger partial charge in [0.1, 0.15) is 5.82 Å². The van der Waals surface area contributed by atoms with E-state index in [2.05, 4.69) is 14.9 Å². The number of anilines is 1. The van der Waals surface area contributed by atoms with Crippen LogP contribution in [0, 0.1) is 19.7 Å². The molecule has 2 heterocycles. The molecule has 3 rings (SSSR count). The molecule has 0 spiro atoms. The number of amides is 1. The van der Waals surface area contributed by atoms with Crippen LogP contribution in [0.1, 0.15) is 18.3 Å². The molecule has 6 heteroatoms. The fourth-order valence-corrected chi connectivity index (χ4v) is 3.37. The molecular weight excluding hydrogens is 313 g/mol. The van der Waals surface area contributed by atoms with E-state index in [9.17, 15) is 9.18 Å². The van der Waals surface area contributed by atoms with Gasteiger partial charge in [-0.1, -0.05) is 0 Å². The third-order valence-electron chi connectivity index (χ3n) is 3.58. The van der Waals surface area contributed by atoms with Crippen molar-refractivity contribution in [2.45, 2.75) is 20.8 Å². The number of carbonyl (C=O) groups is 1. The third-order valence-corrected chi connectivity index (χ3v) is 4.34. The largest absolute Gasteiger partial charge is 0.318 e. The molecule has 0 saturated heterocycles. The zero-order valence-electron chi connectivity index (χ0n) is 13.1. The lowest BCUT2D eigenvalue weighted by Crippen LogP contribution is -2.05. The first-order valence-corrected chi connectivity index (χ1v) is 8.02. The van der Waals surface area contributed by atoms with E-state index in [4.69, 9.17) is 0 Å². The summed E-state index contributed by atoms with van der Waals surface area (Å²) in [5.74, 6) is -0.390. The van der Waals surface area contributed by atoms with E-state index in [1.54, 1.807) is 12.1 Å². The standard InChI is InChI=1S/C17H16FN3OS/c1-10-8-15(16-9-23-17(20-16)19-12(3)22)11(2)21(10)14-6-4-13(18)5-7-14/h4-9H,1-3H3,(H,19,20,22). The van der Waals surface area contributed by atoms with Gasteiger partial charge in [0.05, 0.1) is 5.69 Å². The molecule has 0 bridgehead atoms. The molecule has 1 amide bonds. The van der Waals surface area contributed by atoms with Crippen LogP contribution in [0.3, 0.4) is 0 Å². The van der Waals surface area contributed by atoms with Gasteiger partial charge in [-0.05, 0) is 44.2 Å². The van der Waals surface area contributed by atoms with Gasteiger partial charge in [-0.3, -0.25) is 4.79 Å². The van der Waals surface area contributed by atoms with Gasteiger partial charge in [0.25, 0.3) is 0 Å². The van der Waals surface area contributed by atoms with Crippen molar-refractivity contribution >= 4 is 22.4 Å². The average molecular weight is 329 g/mol. The van der Waals surface area contributed by atoms with Crippen molar-refractivity contribution in [2.24, 2.45) is 0 Å². The summed E-state index contributed by atoms with van der Waals surface area (Å²) in [6.07, 6.45) is 0. The Hall–Kier alpha value is -2.47. The van der Waals surface area contributed by atoms with Crippen LogP contribution < -0.4 is 5.32 Å². The van der Waals surface area contributed by atoms with Crippen LogP contribution in [-0.2, 0) is 4.79 Å². The summed E-state index contributed by atoms with van der Waals surface area (Å²) in [7, 11) is 0. The number of carbonyl (C=O) groups excluding carboxylic acids is 1. The molecule has 0 fully saturated rings. The summed E-state index contributed by atoms with van der Waals surface area (Å²) in [6, 6.07) is 8.45. The molecule has 0 saturated carbocycles. The van der Waals surface area contributed by atoms with E-state index in [1.165, 1.54) is 30.4 Å². The maximum atomic E-state index is 13.1. The van der Waals surface area contributed by atoms with Crippen LogP contribution in [0.4, 0.5) is 9.52 Å². The number of aromatic nitrogens is 2. The Kier molecular flexibility index (Phi) is 4.00. The summed E-state index contributed by atoms with van der Waals surface area (Å²) in [5.41, 5.74) is 4.79. The van der Waals surface area contributed by atoms with E-state index in [0.29, 0.717) is 5.13 Å². The molecule has 2 aromatic heterocycles. The second-order valence-electron chi connectivity index (χ2n) is 5.32. The minimum atomic E-state index is -0.254. The van der Waals surface area contributed by atoms with E-state index in [0.717, 1.165) is 28.3 Å². The summed E-state index contributed by atoms with van der Waals surface area (Å²) in [5, 5.41) is 5.19. The molecular formula is C17H16FN3OS. The fraction of sp³-hybridized carbons (Fsp3) is 0.176. The Labute approximate surface area is 137 Å². The van der Waals surface area contributed by atoms with Gasteiger partial charge in [-0.15, -0.1) is 11.3 Å². The van der Waals surface area contributed by atoms with Gasteiger partial charge in [0, 0.05) is 34.9 Å². The molecule has 1 N–H and O–H groups in total. The van der Waals surface area contributed by atoms with Gasteiger partial charge >= 0.3 is 0 Å². The number of halogens is 1. The summed E-state index contributed by atoms with van der Waals surface area (Å²) in [6.45, 7) is 5.46. The molecule has 0 aliphatic heterocycles. The van der Waals surface area contributed by atoms with Crippen molar-refractivity contribution in [3.63, 3.8) is 0 Å². The van der Waals surface area contributed by atoms with E-state index in [-0.39, 0.29) is 11.7 Å². The fourth-order valence-electron chi connectivity index (χ4n) is 2.62. The zero-order chi connectivity index (χ0) is 16.6. The molecule has 3 aromatic rings. The molecule has 0 unspecified atom stereocenters. The van der Waals surface area contributed by atoms with Crippen molar-refractivity contribution < 1.29 is 9.18 Å². The minimum Gasteiger partial charge on any atom is -0.318 e. The molecule has 23 heavy (non-hydrogen) atoms. The van der Waals surface area contributed by atoms with E-state index in [1.807, 2.05) is 25.3 Å². The first-order chi connectivity index (χ1) is 11.0. The Morgan fingerprint density at radius 3 is 2.61 bits per heavy atom. The van der Waals surface area contributed by atoms with Crippen LogP contribution in [-0.4, -0.2) is 15.5 Å².